The molecule has 0 aromatic carbocycles. The highest BCUT2D eigenvalue weighted by atomic mass is 16.6. The molecule has 0 spiro atoms. The van der Waals surface area contributed by atoms with Crippen LogP contribution in [0.15, 0.2) is 11.6 Å². The highest BCUT2D eigenvalue weighted by Gasteiger charge is 2.03. The van der Waals surface area contributed by atoms with E-state index < -0.39 is 0 Å². The van der Waals surface area contributed by atoms with Crippen LogP contribution in [0.4, 0.5) is 0 Å². The Morgan fingerprint density at radius 1 is 0.419 bits per heavy atom. The van der Waals surface area contributed by atoms with E-state index in [1.54, 1.807) is 19.9 Å². The van der Waals surface area contributed by atoms with Crippen LogP contribution in [-0.2, 0) is 61.6 Å². The van der Waals surface area contributed by atoms with Crippen molar-refractivity contribution in [2.45, 2.75) is 13.8 Å². The van der Waals surface area contributed by atoms with Crippen molar-refractivity contribution < 1.29 is 66.7 Å². The summed E-state index contributed by atoms with van der Waals surface area (Å²) >= 11 is 0. The molecule has 0 aliphatic rings. The summed E-state index contributed by atoms with van der Waals surface area (Å²) in [6, 6.07) is 0. The molecule has 14 heteroatoms. The van der Waals surface area contributed by atoms with Crippen LogP contribution in [0.25, 0.3) is 0 Å². The number of rotatable bonds is 36. The fourth-order valence-corrected chi connectivity index (χ4v) is 2.79. The third-order valence-electron chi connectivity index (χ3n) is 5.17. The standard InChI is InChI=1S/C29H56O14/c1-3-28(2)29(31)43-27-26-42-25-24-41-23-22-40-21-20-39-19-18-38-17-16-37-15-14-36-13-12-35-11-10-34-9-8-33-7-6-32-5-4-30/h3,30H,4-27H2,1-2H3. The molecule has 0 fully saturated rings. The van der Waals surface area contributed by atoms with E-state index in [4.69, 9.17) is 61.9 Å². The SMILES string of the molecule is CC=C(C)C(=O)OCCOCCOCCOCCOCCOCCOCCOCCOCCOCCOCCOCCO. The second-order valence-electron chi connectivity index (χ2n) is 8.57. The number of ether oxygens (including phenoxy) is 12. The van der Waals surface area contributed by atoms with Gasteiger partial charge in [0.05, 0.1) is 152 Å². The number of aliphatic hydroxyl groups is 1. The predicted octanol–water partition coefficient (Wildman–Crippen LogP) is 0.671. The number of hydrogen-bond acceptors (Lipinski definition) is 14. The van der Waals surface area contributed by atoms with E-state index in [0.29, 0.717) is 151 Å². The van der Waals surface area contributed by atoms with E-state index in [9.17, 15) is 4.79 Å². The quantitative estimate of drug-likeness (QED) is 0.0589. The molecule has 0 saturated carbocycles. The Bertz CT molecular complexity index is 594. The summed E-state index contributed by atoms with van der Waals surface area (Å²) in [5.74, 6) is -0.324. The molecular weight excluding hydrogens is 572 g/mol. The molecule has 0 aromatic rings. The van der Waals surface area contributed by atoms with Gasteiger partial charge in [0.2, 0.25) is 0 Å². The molecular formula is C29H56O14. The third kappa shape index (κ3) is 35.1. The molecule has 256 valence electrons. The maximum Gasteiger partial charge on any atom is 0.333 e. The number of carbonyl (C=O) groups is 1. The summed E-state index contributed by atoms with van der Waals surface area (Å²) in [6.07, 6.45) is 1.71. The van der Waals surface area contributed by atoms with Crippen molar-refractivity contribution in [2.75, 3.05) is 159 Å². The van der Waals surface area contributed by atoms with Gasteiger partial charge in [-0.15, -0.1) is 0 Å². The van der Waals surface area contributed by atoms with Gasteiger partial charge in [0, 0.05) is 5.57 Å². The van der Waals surface area contributed by atoms with Gasteiger partial charge in [-0.2, -0.15) is 0 Å². The Hall–Kier alpha value is -1.27. The molecule has 14 nitrogen and oxygen atoms in total. The lowest BCUT2D eigenvalue weighted by molar-refractivity contribution is -0.140. The van der Waals surface area contributed by atoms with E-state index in [0.717, 1.165) is 0 Å². The Morgan fingerprint density at radius 2 is 0.628 bits per heavy atom. The highest BCUT2D eigenvalue weighted by Crippen LogP contribution is 1.95. The summed E-state index contributed by atoms with van der Waals surface area (Å²) in [6.45, 7) is 14.1. The number of carbonyl (C=O) groups excluding carboxylic acids is 1. The van der Waals surface area contributed by atoms with Crippen LogP contribution in [0.3, 0.4) is 0 Å². The molecule has 1 N–H and O–H groups in total. The zero-order valence-corrected chi connectivity index (χ0v) is 26.3. The Morgan fingerprint density at radius 3 is 0.837 bits per heavy atom. The van der Waals surface area contributed by atoms with E-state index in [2.05, 4.69) is 0 Å². The predicted molar refractivity (Wildman–Crippen MR) is 156 cm³/mol. The molecule has 0 amide bonds. The van der Waals surface area contributed by atoms with E-state index >= 15 is 0 Å². The third-order valence-corrected chi connectivity index (χ3v) is 5.17. The molecule has 0 heterocycles. The second-order valence-corrected chi connectivity index (χ2v) is 8.57. The average Bonchev–Trinajstić information content (AvgIpc) is 3.02. The summed E-state index contributed by atoms with van der Waals surface area (Å²) in [7, 11) is 0. The van der Waals surface area contributed by atoms with Crippen molar-refractivity contribution in [3.63, 3.8) is 0 Å². The first kappa shape index (κ1) is 41.7. The van der Waals surface area contributed by atoms with Crippen LogP contribution >= 0.6 is 0 Å². The normalized spacial score (nSPS) is 11.8. The Kier molecular flexibility index (Phi) is 35.8. The van der Waals surface area contributed by atoms with Gasteiger partial charge in [-0.25, -0.2) is 4.79 Å². The molecule has 0 atom stereocenters. The number of esters is 1. The summed E-state index contributed by atoms with van der Waals surface area (Å²) in [4.78, 5) is 11.4. The molecule has 0 aliphatic carbocycles. The number of hydrogen-bond donors (Lipinski definition) is 1. The van der Waals surface area contributed by atoms with Gasteiger partial charge in [-0.3, -0.25) is 0 Å². The van der Waals surface area contributed by atoms with Crippen LogP contribution < -0.4 is 0 Å². The highest BCUT2D eigenvalue weighted by molar-refractivity contribution is 5.87. The first-order chi connectivity index (χ1) is 21.2. The molecule has 0 unspecified atom stereocenters. The fraction of sp³-hybridized carbons (Fsp3) is 0.897. The maximum atomic E-state index is 11.4. The number of aliphatic hydroxyl groups excluding tert-OH is 1. The van der Waals surface area contributed by atoms with Crippen molar-refractivity contribution >= 4 is 5.97 Å². The molecule has 0 saturated heterocycles. The van der Waals surface area contributed by atoms with Crippen molar-refractivity contribution in [1.29, 1.82) is 0 Å². The van der Waals surface area contributed by atoms with Crippen molar-refractivity contribution in [3.8, 4) is 0 Å². The average molecular weight is 629 g/mol. The summed E-state index contributed by atoms with van der Waals surface area (Å²) in [5, 5.41) is 8.57. The van der Waals surface area contributed by atoms with Gasteiger partial charge >= 0.3 is 5.97 Å². The molecule has 0 aromatic heterocycles. The lowest BCUT2D eigenvalue weighted by atomic mass is 10.3. The lowest BCUT2D eigenvalue weighted by Crippen LogP contribution is -2.16. The van der Waals surface area contributed by atoms with Gasteiger partial charge < -0.3 is 61.9 Å². The van der Waals surface area contributed by atoms with Gasteiger partial charge in [-0.1, -0.05) is 6.08 Å². The fourth-order valence-electron chi connectivity index (χ4n) is 2.79. The Balaban J connectivity index is 3.08. The topological polar surface area (TPSA) is 148 Å². The van der Waals surface area contributed by atoms with Crippen molar-refractivity contribution in [2.24, 2.45) is 0 Å². The minimum Gasteiger partial charge on any atom is -0.460 e. The maximum absolute atomic E-state index is 11.4. The molecule has 0 rings (SSSR count). The summed E-state index contributed by atoms with van der Waals surface area (Å²) < 4.78 is 64.2. The molecule has 0 radical (unpaired) electrons. The van der Waals surface area contributed by atoms with E-state index in [1.807, 2.05) is 0 Å². The van der Waals surface area contributed by atoms with Crippen LogP contribution in [0.1, 0.15) is 13.8 Å². The van der Waals surface area contributed by atoms with Gasteiger partial charge in [0.1, 0.15) is 6.61 Å². The van der Waals surface area contributed by atoms with Gasteiger partial charge in [0.25, 0.3) is 0 Å². The van der Waals surface area contributed by atoms with Crippen LogP contribution in [0.2, 0.25) is 0 Å². The smallest absolute Gasteiger partial charge is 0.333 e. The number of allylic oxidation sites excluding steroid dienone is 1. The monoisotopic (exact) mass is 628 g/mol. The largest absolute Gasteiger partial charge is 0.460 e. The van der Waals surface area contributed by atoms with E-state index in [-0.39, 0.29) is 19.2 Å². The van der Waals surface area contributed by atoms with Gasteiger partial charge in [0.15, 0.2) is 0 Å². The zero-order valence-electron chi connectivity index (χ0n) is 26.3. The van der Waals surface area contributed by atoms with Crippen molar-refractivity contribution in [3.05, 3.63) is 11.6 Å². The van der Waals surface area contributed by atoms with Gasteiger partial charge in [-0.05, 0) is 13.8 Å². The minimum absolute atomic E-state index is 0.0222. The van der Waals surface area contributed by atoms with Crippen LogP contribution in [-0.4, -0.2) is 170 Å². The first-order valence-electron chi connectivity index (χ1n) is 15.0. The molecule has 0 aliphatic heterocycles. The zero-order chi connectivity index (χ0) is 31.3. The van der Waals surface area contributed by atoms with Crippen LogP contribution in [0, 0.1) is 0 Å². The second kappa shape index (κ2) is 36.9. The molecule has 43 heavy (non-hydrogen) atoms. The first-order valence-corrected chi connectivity index (χ1v) is 15.0. The van der Waals surface area contributed by atoms with E-state index in [1.165, 1.54) is 0 Å². The minimum atomic E-state index is -0.324. The Labute approximate surface area is 257 Å². The molecule has 0 bridgehead atoms. The van der Waals surface area contributed by atoms with Crippen molar-refractivity contribution in [1.82, 2.24) is 0 Å². The van der Waals surface area contributed by atoms with Crippen LogP contribution in [0.5, 0.6) is 0 Å². The lowest BCUT2D eigenvalue weighted by Gasteiger charge is -2.09. The summed E-state index contributed by atoms with van der Waals surface area (Å²) in [5.41, 5.74) is 0.581.